The molecule has 8 heavy (non-hydrogen) atoms. The predicted octanol–water partition coefficient (Wildman–Crippen LogP) is 0.948. The minimum Gasteiger partial charge on any atom is -0.343 e. The van der Waals surface area contributed by atoms with Gasteiger partial charge in [0.05, 0.1) is 6.54 Å². The van der Waals surface area contributed by atoms with Crippen LogP contribution < -0.4 is 0 Å². The maximum Gasteiger partial charge on any atom is 0.0629 e. The predicted molar refractivity (Wildman–Crippen MR) is 30.9 cm³/mol. The second-order valence-electron chi connectivity index (χ2n) is 2.71. The van der Waals surface area contributed by atoms with Crippen molar-refractivity contribution in [2.75, 3.05) is 0 Å². The zero-order valence-corrected chi connectivity index (χ0v) is 4.65. The maximum absolute atomic E-state index is 2.34. The van der Waals surface area contributed by atoms with E-state index >= 15 is 0 Å². The summed E-state index contributed by atoms with van der Waals surface area (Å²) >= 11 is 0. The summed E-state index contributed by atoms with van der Waals surface area (Å²) in [7, 11) is 0. The molecule has 0 bridgehead atoms. The molecule has 0 atom stereocenters. The fraction of sp³-hybridized carbons (Fsp3) is 0.429. The topological polar surface area (TPSA) is 4.93 Å². The van der Waals surface area contributed by atoms with Crippen LogP contribution in [0.4, 0.5) is 0 Å². The zero-order valence-electron chi connectivity index (χ0n) is 4.65. The number of rotatable bonds is 0. The van der Waals surface area contributed by atoms with E-state index in [0.717, 1.165) is 0 Å². The molecule has 0 radical (unpaired) electrons. The molecular formula is C7H7N. The lowest BCUT2D eigenvalue weighted by Gasteiger charge is -2.12. The van der Waals surface area contributed by atoms with Gasteiger partial charge in [0.25, 0.3) is 0 Å². The van der Waals surface area contributed by atoms with E-state index < -0.39 is 0 Å². The van der Waals surface area contributed by atoms with Crippen LogP contribution in [0.2, 0.25) is 0 Å². The van der Waals surface area contributed by atoms with E-state index in [1.54, 1.807) is 16.8 Å². The Labute approximate surface area is 47.9 Å². The Kier molecular flexibility index (Phi) is 0.312. The van der Waals surface area contributed by atoms with Crippen LogP contribution in [0.5, 0.6) is 0 Å². The van der Waals surface area contributed by atoms with Crippen molar-refractivity contribution in [3.63, 3.8) is 0 Å². The van der Waals surface area contributed by atoms with E-state index in [1.807, 2.05) is 0 Å². The van der Waals surface area contributed by atoms with Gasteiger partial charge in [0.2, 0.25) is 0 Å². The van der Waals surface area contributed by atoms with Crippen LogP contribution in [0.1, 0.15) is 16.8 Å². The van der Waals surface area contributed by atoms with Gasteiger partial charge in [-0.2, -0.15) is 0 Å². The fourth-order valence-corrected chi connectivity index (χ4v) is 1.57. The Hall–Kier alpha value is -0.720. The molecule has 0 saturated carbocycles. The van der Waals surface area contributed by atoms with Gasteiger partial charge >= 0.3 is 0 Å². The van der Waals surface area contributed by atoms with E-state index in [1.165, 1.54) is 19.4 Å². The molecule has 2 heterocycles. The highest BCUT2D eigenvalue weighted by Crippen LogP contribution is 2.35. The van der Waals surface area contributed by atoms with Gasteiger partial charge < -0.3 is 4.57 Å². The number of aromatic nitrogens is 1. The van der Waals surface area contributed by atoms with Gasteiger partial charge in [-0.1, -0.05) is 0 Å². The van der Waals surface area contributed by atoms with Crippen molar-refractivity contribution in [1.82, 2.24) is 4.57 Å². The van der Waals surface area contributed by atoms with Crippen molar-refractivity contribution in [3.8, 4) is 0 Å². The van der Waals surface area contributed by atoms with E-state index in [2.05, 4.69) is 10.8 Å². The highest BCUT2D eigenvalue weighted by atomic mass is 15.1. The molecule has 0 fully saturated rings. The molecule has 0 unspecified atom stereocenters. The highest BCUT2D eigenvalue weighted by Gasteiger charge is 2.29. The molecule has 0 spiro atoms. The largest absolute Gasteiger partial charge is 0.343 e. The van der Waals surface area contributed by atoms with Gasteiger partial charge in [-0.25, -0.2) is 0 Å². The summed E-state index contributed by atoms with van der Waals surface area (Å²) in [6.07, 6.45) is 5.00. The molecule has 1 aromatic heterocycles. The van der Waals surface area contributed by atoms with E-state index in [4.69, 9.17) is 0 Å². The molecule has 2 aliphatic rings. The van der Waals surface area contributed by atoms with Gasteiger partial charge in [0.1, 0.15) is 0 Å². The van der Waals surface area contributed by atoms with Gasteiger partial charge in [0, 0.05) is 11.9 Å². The summed E-state index contributed by atoms with van der Waals surface area (Å²) in [4.78, 5) is 0. The SMILES string of the molecule is c1c2c(c3n1C3)CC2. The van der Waals surface area contributed by atoms with Crippen LogP contribution in [0.25, 0.3) is 0 Å². The van der Waals surface area contributed by atoms with Crippen molar-refractivity contribution in [3.05, 3.63) is 23.0 Å². The van der Waals surface area contributed by atoms with E-state index in [0.29, 0.717) is 0 Å². The van der Waals surface area contributed by atoms with E-state index in [9.17, 15) is 0 Å². The standard InChI is InChI=1S/C7H7N/c1-2-6-5(1)3-8-4-7(6)8/h3H,1-2,4H2. The summed E-state index contributed by atoms with van der Waals surface area (Å²) in [5.74, 6) is 0. The molecular weight excluding hydrogens is 98.1 g/mol. The first kappa shape index (κ1) is 3.33. The smallest absolute Gasteiger partial charge is 0.0629 e. The third-order valence-corrected chi connectivity index (χ3v) is 2.26. The van der Waals surface area contributed by atoms with Crippen molar-refractivity contribution in [1.29, 1.82) is 0 Å². The van der Waals surface area contributed by atoms with Crippen LogP contribution >= 0.6 is 0 Å². The number of nitrogens with zero attached hydrogens (tertiary/aromatic N) is 1. The van der Waals surface area contributed by atoms with E-state index in [-0.39, 0.29) is 0 Å². The second-order valence-corrected chi connectivity index (χ2v) is 2.71. The van der Waals surface area contributed by atoms with Gasteiger partial charge in [0.15, 0.2) is 0 Å². The Morgan fingerprint density at radius 1 is 1.38 bits per heavy atom. The van der Waals surface area contributed by atoms with Crippen molar-refractivity contribution in [2.24, 2.45) is 0 Å². The van der Waals surface area contributed by atoms with Gasteiger partial charge in [-0.15, -0.1) is 0 Å². The Morgan fingerprint density at radius 2 is 2.38 bits per heavy atom. The van der Waals surface area contributed by atoms with Crippen LogP contribution in [-0.2, 0) is 19.4 Å². The monoisotopic (exact) mass is 105 g/mol. The summed E-state index contributed by atoms with van der Waals surface area (Å²) < 4.78 is 2.34. The molecule has 0 amide bonds. The lowest BCUT2D eigenvalue weighted by Crippen LogP contribution is -2.05. The number of hydrogen-bond acceptors (Lipinski definition) is 0. The average Bonchev–Trinajstić information content (AvgIpc) is 2.34. The van der Waals surface area contributed by atoms with Crippen molar-refractivity contribution < 1.29 is 0 Å². The second kappa shape index (κ2) is 0.750. The molecule has 1 aliphatic heterocycles. The summed E-state index contributed by atoms with van der Waals surface area (Å²) in [5, 5.41) is 0. The Bertz CT molecular complexity index is 254. The molecule has 40 valence electrons. The van der Waals surface area contributed by atoms with Crippen LogP contribution in [0.3, 0.4) is 0 Å². The third kappa shape index (κ3) is 0.195. The molecule has 1 aromatic rings. The normalized spacial score (nSPS) is 19.0. The summed E-state index contributed by atoms with van der Waals surface area (Å²) in [5.41, 5.74) is 4.91. The Balaban J connectivity index is 2.48. The van der Waals surface area contributed by atoms with Gasteiger partial charge in [-0.3, -0.25) is 0 Å². The summed E-state index contributed by atoms with van der Waals surface area (Å²) in [6.45, 7) is 1.25. The lowest BCUT2D eigenvalue weighted by atomic mass is 9.92. The molecule has 1 nitrogen and oxygen atoms in total. The first-order chi connectivity index (χ1) is 3.95. The molecule has 0 N–H and O–H groups in total. The maximum atomic E-state index is 2.34. The van der Waals surface area contributed by atoms with Gasteiger partial charge in [-0.05, 0) is 24.0 Å². The Morgan fingerprint density at radius 3 is 2.75 bits per heavy atom. The first-order valence-electron chi connectivity index (χ1n) is 3.15. The highest BCUT2D eigenvalue weighted by molar-refractivity contribution is 5.45. The van der Waals surface area contributed by atoms with Crippen LogP contribution in [0, 0.1) is 0 Å². The quantitative estimate of drug-likeness (QED) is 0.470. The molecule has 0 saturated heterocycles. The number of aryl methyl sites for hydroxylation is 1. The first-order valence-corrected chi connectivity index (χ1v) is 3.15. The van der Waals surface area contributed by atoms with Crippen molar-refractivity contribution >= 4 is 0 Å². The van der Waals surface area contributed by atoms with Crippen LogP contribution in [0.15, 0.2) is 6.20 Å². The van der Waals surface area contributed by atoms with Crippen molar-refractivity contribution in [2.45, 2.75) is 19.4 Å². The minimum absolute atomic E-state index is 1.25. The summed E-state index contributed by atoms with van der Waals surface area (Å²) in [6, 6.07) is 0. The third-order valence-electron chi connectivity index (χ3n) is 2.26. The molecule has 1 heteroatoms. The van der Waals surface area contributed by atoms with Crippen LogP contribution in [-0.4, -0.2) is 4.57 Å². The lowest BCUT2D eigenvalue weighted by molar-refractivity contribution is 0.835. The fourth-order valence-electron chi connectivity index (χ4n) is 1.57. The molecule has 1 aliphatic carbocycles. The molecule has 0 aromatic carbocycles. The zero-order chi connectivity index (χ0) is 5.14. The number of hydrogen-bond donors (Lipinski definition) is 0. The minimum atomic E-state index is 1.25. The average molecular weight is 105 g/mol. The molecule has 3 rings (SSSR count). The number of fused-ring (bicyclic) bond motifs is 3.